The Morgan fingerprint density at radius 1 is 1.19 bits per heavy atom. The quantitative estimate of drug-likeness (QED) is 0.917. The van der Waals surface area contributed by atoms with Gasteiger partial charge in [-0.1, -0.05) is 30.3 Å². The highest BCUT2D eigenvalue weighted by Gasteiger charge is 2.37. The van der Waals surface area contributed by atoms with Crippen LogP contribution in [-0.4, -0.2) is 43.7 Å². The molecule has 1 fully saturated rings. The highest BCUT2D eigenvalue weighted by atomic mass is 32.2. The van der Waals surface area contributed by atoms with Crippen molar-refractivity contribution in [3.63, 3.8) is 0 Å². The minimum atomic E-state index is -3.43. The summed E-state index contributed by atoms with van der Waals surface area (Å²) in [5.41, 5.74) is 2.08. The maximum Gasteiger partial charge on any atom is 0.303 e. The lowest BCUT2D eigenvalue weighted by Crippen LogP contribution is -2.45. The van der Waals surface area contributed by atoms with E-state index in [1.807, 2.05) is 30.3 Å². The van der Waals surface area contributed by atoms with Gasteiger partial charge in [0.1, 0.15) is 0 Å². The molecular formula is C15H21N3O2S. The fraction of sp³-hybridized carbons (Fsp3) is 0.467. The van der Waals surface area contributed by atoms with Crippen molar-refractivity contribution >= 4 is 10.2 Å². The zero-order chi connectivity index (χ0) is 15.0. The summed E-state index contributed by atoms with van der Waals surface area (Å²) in [5.74, 6) is 0. The molecule has 5 nitrogen and oxygen atoms in total. The van der Waals surface area contributed by atoms with Crippen LogP contribution in [0.2, 0.25) is 0 Å². The smallest absolute Gasteiger partial charge is 0.303 e. The average molecular weight is 307 g/mol. The van der Waals surface area contributed by atoms with Crippen molar-refractivity contribution in [2.24, 2.45) is 0 Å². The first kappa shape index (κ1) is 14.6. The minimum absolute atomic E-state index is 0.237. The van der Waals surface area contributed by atoms with E-state index in [0.29, 0.717) is 12.6 Å². The first-order valence-electron chi connectivity index (χ1n) is 7.20. The van der Waals surface area contributed by atoms with Crippen LogP contribution in [0.4, 0.5) is 0 Å². The van der Waals surface area contributed by atoms with Crippen molar-refractivity contribution in [1.29, 1.82) is 0 Å². The number of rotatable bonds is 4. The van der Waals surface area contributed by atoms with Gasteiger partial charge in [-0.05, 0) is 24.0 Å². The monoisotopic (exact) mass is 307 g/mol. The van der Waals surface area contributed by atoms with E-state index in [0.717, 1.165) is 11.1 Å². The summed E-state index contributed by atoms with van der Waals surface area (Å²) >= 11 is 0. The Morgan fingerprint density at radius 3 is 2.48 bits per heavy atom. The normalized spacial score (nSPS) is 25.7. The molecule has 0 radical (unpaired) electrons. The van der Waals surface area contributed by atoms with Gasteiger partial charge in [-0.25, -0.2) is 0 Å². The molecule has 1 aromatic carbocycles. The van der Waals surface area contributed by atoms with Crippen molar-refractivity contribution in [1.82, 2.24) is 13.9 Å². The van der Waals surface area contributed by atoms with Gasteiger partial charge < -0.3 is 5.32 Å². The Balaban J connectivity index is 1.96. The molecule has 1 saturated carbocycles. The molecule has 0 bridgehead atoms. The van der Waals surface area contributed by atoms with E-state index in [1.165, 1.54) is 21.5 Å². The van der Waals surface area contributed by atoms with Gasteiger partial charge >= 0.3 is 10.2 Å². The maximum atomic E-state index is 12.4. The summed E-state index contributed by atoms with van der Waals surface area (Å²) in [6, 6.07) is 10.1. The topological polar surface area (TPSA) is 52.6 Å². The van der Waals surface area contributed by atoms with Crippen molar-refractivity contribution in [3.05, 3.63) is 47.7 Å². The molecule has 0 spiro atoms. The Morgan fingerprint density at radius 2 is 1.86 bits per heavy atom. The van der Waals surface area contributed by atoms with Crippen molar-refractivity contribution < 1.29 is 8.42 Å². The molecule has 3 rings (SSSR count). The van der Waals surface area contributed by atoms with Crippen LogP contribution in [0.5, 0.6) is 0 Å². The molecule has 114 valence electrons. The first-order chi connectivity index (χ1) is 10.00. The third kappa shape index (κ3) is 2.84. The summed E-state index contributed by atoms with van der Waals surface area (Å²) in [4.78, 5) is 0. The zero-order valence-corrected chi connectivity index (χ0v) is 13.2. The van der Waals surface area contributed by atoms with Crippen LogP contribution in [0.25, 0.3) is 0 Å². The van der Waals surface area contributed by atoms with Crippen molar-refractivity contribution in [3.8, 4) is 0 Å². The van der Waals surface area contributed by atoms with Crippen LogP contribution in [0.1, 0.15) is 24.4 Å². The molecule has 1 heterocycles. The highest BCUT2D eigenvalue weighted by molar-refractivity contribution is 7.86. The molecule has 1 atom stereocenters. The van der Waals surface area contributed by atoms with Crippen LogP contribution >= 0.6 is 0 Å². The summed E-state index contributed by atoms with van der Waals surface area (Å²) in [6.07, 6.45) is 4.18. The standard InChI is InChI=1S/C15H21N3O2S/c1-17-11-13(10-16-14-8-9-14)15(18(2)21(17,19)20)12-6-4-3-5-7-12/h3-7,11,14-16H,8-10H2,1-2H3. The lowest BCUT2D eigenvalue weighted by atomic mass is 9.99. The van der Waals surface area contributed by atoms with E-state index >= 15 is 0 Å². The Hall–Kier alpha value is -1.37. The summed E-state index contributed by atoms with van der Waals surface area (Å²) in [6.45, 7) is 0.717. The molecule has 1 aromatic rings. The van der Waals surface area contributed by atoms with Crippen LogP contribution in [-0.2, 0) is 10.2 Å². The molecule has 6 heteroatoms. The third-order valence-corrected chi connectivity index (χ3v) is 5.85. The molecule has 21 heavy (non-hydrogen) atoms. The fourth-order valence-corrected chi connectivity index (χ4v) is 3.89. The first-order valence-corrected chi connectivity index (χ1v) is 8.60. The molecule has 0 saturated heterocycles. The SMILES string of the molecule is CN1C=C(CNC2CC2)C(c2ccccc2)N(C)S1(=O)=O. The molecule has 2 aliphatic rings. The van der Waals surface area contributed by atoms with Crippen LogP contribution in [0.15, 0.2) is 42.1 Å². The number of hydrogen-bond acceptors (Lipinski definition) is 3. The molecule has 1 aliphatic heterocycles. The Labute approximate surface area is 126 Å². The second kappa shape index (κ2) is 5.44. The number of likely N-dealkylation sites (N-methyl/N-ethyl adjacent to an activating group) is 1. The van der Waals surface area contributed by atoms with E-state index in [9.17, 15) is 8.42 Å². The third-order valence-electron chi connectivity index (χ3n) is 4.08. The summed E-state index contributed by atoms with van der Waals surface area (Å²) in [7, 11) is -0.197. The predicted octanol–water partition coefficient (Wildman–Crippen LogP) is 1.49. The van der Waals surface area contributed by atoms with Gasteiger partial charge in [0, 0.05) is 32.9 Å². The Kier molecular flexibility index (Phi) is 3.77. The van der Waals surface area contributed by atoms with E-state index < -0.39 is 10.2 Å². The minimum Gasteiger partial charge on any atom is -0.310 e. The van der Waals surface area contributed by atoms with Crippen LogP contribution in [0.3, 0.4) is 0 Å². The molecule has 0 aromatic heterocycles. The van der Waals surface area contributed by atoms with Gasteiger partial charge in [0.15, 0.2) is 0 Å². The molecule has 1 unspecified atom stereocenters. The number of nitrogens with one attached hydrogen (secondary N) is 1. The predicted molar refractivity (Wildman–Crippen MR) is 82.7 cm³/mol. The summed E-state index contributed by atoms with van der Waals surface area (Å²) < 4.78 is 27.5. The summed E-state index contributed by atoms with van der Waals surface area (Å²) in [5, 5.41) is 3.48. The zero-order valence-electron chi connectivity index (χ0n) is 12.4. The lowest BCUT2D eigenvalue weighted by molar-refractivity contribution is 0.355. The number of nitrogens with zero attached hydrogens (tertiary/aromatic N) is 2. The number of benzene rings is 1. The van der Waals surface area contributed by atoms with Gasteiger partial charge in [0.2, 0.25) is 0 Å². The van der Waals surface area contributed by atoms with E-state index in [2.05, 4.69) is 5.32 Å². The second-order valence-corrected chi connectivity index (χ2v) is 7.76. The highest BCUT2D eigenvalue weighted by Crippen LogP contribution is 2.34. The molecule has 1 N–H and O–H groups in total. The fourth-order valence-electron chi connectivity index (χ4n) is 2.69. The van der Waals surface area contributed by atoms with Gasteiger partial charge in [0.25, 0.3) is 0 Å². The van der Waals surface area contributed by atoms with Gasteiger partial charge in [-0.15, -0.1) is 0 Å². The molecule has 1 aliphatic carbocycles. The van der Waals surface area contributed by atoms with Crippen LogP contribution in [0, 0.1) is 0 Å². The van der Waals surface area contributed by atoms with Crippen molar-refractivity contribution in [2.45, 2.75) is 24.9 Å². The molecule has 0 amide bonds. The van der Waals surface area contributed by atoms with E-state index in [-0.39, 0.29) is 6.04 Å². The maximum absolute atomic E-state index is 12.4. The largest absolute Gasteiger partial charge is 0.310 e. The lowest BCUT2D eigenvalue weighted by Gasteiger charge is -2.37. The van der Waals surface area contributed by atoms with E-state index in [1.54, 1.807) is 20.3 Å². The number of hydrogen-bond donors (Lipinski definition) is 1. The Bertz CT molecular complexity index is 638. The van der Waals surface area contributed by atoms with Crippen molar-refractivity contribution in [2.75, 3.05) is 20.6 Å². The van der Waals surface area contributed by atoms with Gasteiger partial charge in [0.05, 0.1) is 6.04 Å². The van der Waals surface area contributed by atoms with Gasteiger partial charge in [-0.2, -0.15) is 12.7 Å². The average Bonchev–Trinajstić information content (AvgIpc) is 3.28. The van der Waals surface area contributed by atoms with Crippen LogP contribution < -0.4 is 5.32 Å². The second-order valence-electron chi connectivity index (χ2n) is 5.71. The van der Waals surface area contributed by atoms with E-state index in [4.69, 9.17) is 0 Å². The molecular weight excluding hydrogens is 286 g/mol. The van der Waals surface area contributed by atoms with Gasteiger partial charge in [-0.3, -0.25) is 4.31 Å².